The van der Waals surface area contributed by atoms with Crippen molar-refractivity contribution in [2.75, 3.05) is 14.2 Å². The summed E-state index contributed by atoms with van der Waals surface area (Å²) in [6.07, 6.45) is 4.84. The van der Waals surface area contributed by atoms with Crippen LogP contribution in [0.3, 0.4) is 0 Å². The molecular weight excluding hydrogens is 220 g/mol. The van der Waals surface area contributed by atoms with Gasteiger partial charge in [-0.2, -0.15) is 0 Å². The van der Waals surface area contributed by atoms with Gasteiger partial charge in [0.25, 0.3) is 0 Å². The number of allylic oxidation sites excluding steroid dienone is 2. The topological polar surface area (TPSA) is 52.6 Å². The van der Waals surface area contributed by atoms with Crippen LogP contribution in [0.15, 0.2) is 12.2 Å². The van der Waals surface area contributed by atoms with Crippen LogP contribution in [0, 0.1) is 11.3 Å². The van der Waals surface area contributed by atoms with E-state index in [-0.39, 0.29) is 5.92 Å². The van der Waals surface area contributed by atoms with Crippen molar-refractivity contribution >= 4 is 11.9 Å². The van der Waals surface area contributed by atoms with Gasteiger partial charge in [-0.15, -0.1) is 0 Å². The van der Waals surface area contributed by atoms with Crippen molar-refractivity contribution < 1.29 is 19.1 Å². The molecule has 0 rings (SSSR count). The average molecular weight is 242 g/mol. The van der Waals surface area contributed by atoms with E-state index in [1.807, 2.05) is 32.9 Å². The molecule has 0 aromatic rings. The summed E-state index contributed by atoms with van der Waals surface area (Å²) >= 11 is 0. The van der Waals surface area contributed by atoms with Crippen LogP contribution in [0.2, 0.25) is 0 Å². The Labute approximate surface area is 103 Å². The van der Waals surface area contributed by atoms with Crippen LogP contribution in [0.5, 0.6) is 0 Å². The highest BCUT2D eigenvalue weighted by molar-refractivity contribution is 6.00. The van der Waals surface area contributed by atoms with Crippen LogP contribution in [-0.4, -0.2) is 26.2 Å². The van der Waals surface area contributed by atoms with E-state index in [0.717, 1.165) is 0 Å². The monoisotopic (exact) mass is 242 g/mol. The van der Waals surface area contributed by atoms with E-state index in [1.165, 1.54) is 14.2 Å². The lowest BCUT2D eigenvalue weighted by Gasteiger charge is -2.31. The number of hydrogen-bond acceptors (Lipinski definition) is 4. The second kappa shape index (κ2) is 7.09. The molecule has 4 heteroatoms. The van der Waals surface area contributed by atoms with Crippen molar-refractivity contribution in [1.82, 2.24) is 0 Å². The van der Waals surface area contributed by atoms with Gasteiger partial charge in [0.1, 0.15) is 0 Å². The Balaban J connectivity index is 5.24. The number of rotatable bonds is 6. The summed E-state index contributed by atoms with van der Waals surface area (Å²) < 4.78 is 9.53. The van der Waals surface area contributed by atoms with Crippen molar-refractivity contribution in [3.8, 4) is 0 Å². The molecule has 0 heterocycles. The molecule has 0 aromatic heterocycles. The van der Waals surface area contributed by atoms with Crippen molar-refractivity contribution in [3.63, 3.8) is 0 Å². The number of ether oxygens (including phenoxy) is 2. The number of esters is 2. The summed E-state index contributed by atoms with van der Waals surface area (Å²) in [5.74, 6) is -1.22. The number of carbonyl (C=O) groups is 2. The third kappa shape index (κ3) is 3.32. The maximum absolute atomic E-state index is 11.9. The van der Waals surface area contributed by atoms with Crippen LogP contribution in [0.1, 0.15) is 33.6 Å². The fraction of sp³-hybridized carbons (Fsp3) is 0.692. The largest absolute Gasteiger partial charge is 0.468 e. The standard InChI is InChI=1S/C13H22O4/c1-6-7-8-9-13(10(2)3,11(14)16-4)12(15)17-5/h6-7,10H,8-9H2,1-5H3/b7-6+. The molecular formula is C13H22O4. The predicted octanol–water partition coefficient (Wildman–Crippen LogP) is 2.33. The van der Waals surface area contributed by atoms with Gasteiger partial charge in [-0.3, -0.25) is 9.59 Å². The van der Waals surface area contributed by atoms with Crippen molar-refractivity contribution in [2.24, 2.45) is 11.3 Å². The molecule has 0 saturated carbocycles. The lowest BCUT2D eigenvalue weighted by molar-refractivity contribution is -0.173. The zero-order chi connectivity index (χ0) is 13.5. The Morgan fingerprint density at radius 2 is 1.65 bits per heavy atom. The van der Waals surface area contributed by atoms with Crippen molar-refractivity contribution in [2.45, 2.75) is 33.6 Å². The molecule has 17 heavy (non-hydrogen) atoms. The van der Waals surface area contributed by atoms with Crippen LogP contribution in [0.4, 0.5) is 0 Å². The highest BCUT2D eigenvalue weighted by atomic mass is 16.5. The Bertz CT molecular complexity index is 276. The first-order valence-electron chi connectivity index (χ1n) is 5.75. The lowest BCUT2D eigenvalue weighted by Crippen LogP contribution is -2.45. The van der Waals surface area contributed by atoms with Crippen molar-refractivity contribution in [3.05, 3.63) is 12.2 Å². The summed E-state index contributed by atoms with van der Waals surface area (Å²) in [5.41, 5.74) is -1.21. The zero-order valence-corrected chi connectivity index (χ0v) is 11.3. The normalized spacial score (nSPS) is 11.9. The molecule has 0 aliphatic carbocycles. The van der Waals surface area contributed by atoms with E-state index in [4.69, 9.17) is 9.47 Å². The molecule has 0 N–H and O–H groups in total. The first-order chi connectivity index (χ1) is 7.97. The summed E-state index contributed by atoms with van der Waals surface area (Å²) in [6, 6.07) is 0. The van der Waals surface area contributed by atoms with Gasteiger partial charge in [-0.25, -0.2) is 0 Å². The molecule has 0 unspecified atom stereocenters. The quantitative estimate of drug-likeness (QED) is 0.407. The molecule has 0 radical (unpaired) electrons. The highest BCUT2D eigenvalue weighted by Gasteiger charge is 2.50. The molecule has 0 atom stereocenters. The van der Waals surface area contributed by atoms with Crippen molar-refractivity contribution in [1.29, 1.82) is 0 Å². The Kier molecular flexibility index (Phi) is 6.54. The maximum Gasteiger partial charge on any atom is 0.323 e. The molecule has 0 aliphatic heterocycles. The highest BCUT2D eigenvalue weighted by Crippen LogP contribution is 2.36. The summed E-state index contributed by atoms with van der Waals surface area (Å²) in [4.78, 5) is 23.8. The second-order valence-corrected chi connectivity index (χ2v) is 4.22. The van der Waals surface area contributed by atoms with Crippen LogP contribution in [-0.2, 0) is 19.1 Å². The lowest BCUT2D eigenvalue weighted by atomic mass is 9.73. The van der Waals surface area contributed by atoms with Gasteiger partial charge in [-0.1, -0.05) is 26.0 Å². The first kappa shape index (κ1) is 15.7. The van der Waals surface area contributed by atoms with Gasteiger partial charge in [-0.05, 0) is 25.7 Å². The van der Waals surface area contributed by atoms with Gasteiger partial charge in [0, 0.05) is 0 Å². The molecule has 0 aromatic carbocycles. The van der Waals surface area contributed by atoms with Gasteiger partial charge < -0.3 is 9.47 Å². The van der Waals surface area contributed by atoms with Gasteiger partial charge in [0.2, 0.25) is 0 Å². The average Bonchev–Trinajstić information content (AvgIpc) is 2.32. The van der Waals surface area contributed by atoms with E-state index >= 15 is 0 Å². The smallest absolute Gasteiger partial charge is 0.323 e. The minimum Gasteiger partial charge on any atom is -0.468 e. The van der Waals surface area contributed by atoms with E-state index in [0.29, 0.717) is 12.8 Å². The molecule has 0 aliphatic rings. The van der Waals surface area contributed by atoms with Gasteiger partial charge >= 0.3 is 11.9 Å². The fourth-order valence-corrected chi connectivity index (χ4v) is 1.89. The SMILES string of the molecule is C/C=C/CCC(C(=O)OC)(C(=O)OC)C(C)C. The number of methoxy groups -OCH3 is 2. The molecule has 98 valence electrons. The number of carbonyl (C=O) groups excluding carboxylic acids is 2. The molecule has 0 fully saturated rings. The molecule has 0 bridgehead atoms. The maximum atomic E-state index is 11.9. The molecule has 0 saturated heterocycles. The molecule has 0 spiro atoms. The Morgan fingerprint density at radius 1 is 1.18 bits per heavy atom. The van der Waals surface area contributed by atoms with Gasteiger partial charge in [0.05, 0.1) is 14.2 Å². The van der Waals surface area contributed by atoms with E-state index < -0.39 is 17.4 Å². The minimum absolute atomic E-state index is 0.173. The second-order valence-electron chi connectivity index (χ2n) is 4.22. The minimum atomic E-state index is -1.21. The number of hydrogen-bond donors (Lipinski definition) is 0. The Hall–Kier alpha value is -1.32. The molecule has 4 nitrogen and oxygen atoms in total. The van der Waals surface area contributed by atoms with Gasteiger partial charge in [0.15, 0.2) is 5.41 Å². The third-order valence-corrected chi connectivity index (χ3v) is 3.03. The van der Waals surface area contributed by atoms with Crippen LogP contribution in [0.25, 0.3) is 0 Å². The Morgan fingerprint density at radius 3 is 1.94 bits per heavy atom. The molecule has 0 amide bonds. The van der Waals surface area contributed by atoms with E-state index in [1.54, 1.807) is 0 Å². The first-order valence-corrected chi connectivity index (χ1v) is 5.75. The summed E-state index contributed by atoms with van der Waals surface area (Å²) in [7, 11) is 2.58. The predicted molar refractivity (Wildman–Crippen MR) is 65.4 cm³/mol. The summed E-state index contributed by atoms with van der Waals surface area (Å²) in [5, 5.41) is 0. The fourth-order valence-electron chi connectivity index (χ4n) is 1.89. The third-order valence-electron chi connectivity index (χ3n) is 3.03. The summed E-state index contributed by atoms with van der Waals surface area (Å²) in [6.45, 7) is 5.54. The van der Waals surface area contributed by atoms with E-state index in [2.05, 4.69) is 0 Å². The zero-order valence-electron chi connectivity index (χ0n) is 11.3. The van der Waals surface area contributed by atoms with Crippen LogP contribution >= 0.6 is 0 Å². The van der Waals surface area contributed by atoms with Crippen LogP contribution < -0.4 is 0 Å². The van der Waals surface area contributed by atoms with E-state index in [9.17, 15) is 9.59 Å².